The van der Waals surface area contributed by atoms with Crippen molar-refractivity contribution >= 4 is 11.6 Å². The van der Waals surface area contributed by atoms with Crippen molar-refractivity contribution in [2.24, 2.45) is 5.41 Å². The molecule has 196 valence electrons. The van der Waals surface area contributed by atoms with Crippen molar-refractivity contribution in [1.29, 1.82) is 0 Å². The second-order valence-corrected chi connectivity index (χ2v) is 10.8. The fourth-order valence-electron chi connectivity index (χ4n) is 6.14. The van der Waals surface area contributed by atoms with Crippen molar-refractivity contribution in [2.75, 3.05) is 63.2 Å². The van der Waals surface area contributed by atoms with E-state index >= 15 is 0 Å². The van der Waals surface area contributed by atoms with Gasteiger partial charge in [0, 0.05) is 75.0 Å². The molecule has 0 unspecified atom stereocenters. The van der Waals surface area contributed by atoms with Crippen LogP contribution in [0.2, 0.25) is 0 Å². The average Bonchev–Trinajstić information content (AvgIpc) is 3.31. The second-order valence-electron chi connectivity index (χ2n) is 10.8. The lowest BCUT2D eigenvalue weighted by Gasteiger charge is -2.55. The summed E-state index contributed by atoms with van der Waals surface area (Å²) in [6.07, 6.45) is 6.75. The topological polar surface area (TPSA) is 71.3 Å². The third-order valence-electron chi connectivity index (χ3n) is 8.21. The van der Waals surface area contributed by atoms with Crippen LogP contribution in [0.4, 0.5) is 16.0 Å². The van der Waals surface area contributed by atoms with Gasteiger partial charge in [-0.3, -0.25) is 0 Å². The number of hydrogen-bond acceptors (Lipinski definition) is 7. The summed E-state index contributed by atoms with van der Waals surface area (Å²) >= 11 is 0. The molecule has 8 nitrogen and oxygen atoms in total. The number of halogens is 1. The van der Waals surface area contributed by atoms with E-state index in [-0.39, 0.29) is 5.82 Å². The molecule has 37 heavy (non-hydrogen) atoms. The zero-order valence-electron chi connectivity index (χ0n) is 21.8. The Labute approximate surface area is 217 Å². The molecule has 0 radical (unpaired) electrons. The number of nitrogens with zero attached hydrogens (tertiary/aromatic N) is 6. The molecule has 1 aromatic carbocycles. The van der Waals surface area contributed by atoms with E-state index in [2.05, 4.69) is 42.8 Å². The first-order valence-corrected chi connectivity index (χ1v) is 13.5. The first-order chi connectivity index (χ1) is 18.1. The normalized spacial score (nSPS) is 19.6. The summed E-state index contributed by atoms with van der Waals surface area (Å²) in [4.78, 5) is 19.1. The summed E-state index contributed by atoms with van der Waals surface area (Å²) in [5.74, 6) is 3.26. The van der Waals surface area contributed by atoms with Crippen LogP contribution < -0.4 is 10.2 Å². The van der Waals surface area contributed by atoms with Gasteiger partial charge in [-0.1, -0.05) is 6.92 Å². The Kier molecular flexibility index (Phi) is 6.58. The van der Waals surface area contributed by atoms with Crippen molar-refractivity contribution in [3.8, 4) is 11.3 Å². The minimum Gasteiger partial charge on any atom is -0.380 e. The lowest BCUT2D eigenvalue weighted by Crippen LogP contribution is -2.66. The molecule has 1 spiro atoms. The van der Waals surface area contributed by atoms with E-state index in [1.807, 2.05) is 19.2 Å². The molecule has 0 saturated carbocycles. The Morgan fingerprint density at radius 2 is 1.84 bits per heavy atom. The van der Waals surface area contributed by atoms with Crippen LogP contribution in [0, 0.1) is 11.2 Å². The van der Waals surface area contributed by atoms with Crippen molar-refractivity contribution in [2.45, 2.75) is 38.6 Å². The largest absolute Gasteiger partial charge is 0.380 e. The van der Waals surface area contributed by atoms with E-state index in [0.717, 1.165) is 100 Å². The molecular weight excluding hydrogens is 469 g/mol. The number of benzene rings is 1. The number of anilines is 2. The van der Waals surface area contributed by atoms with Gasteiger partial charge in [0.2, 0.25) is 0 Å². The van der Waals surface area contributed by atoms with Gasteiger partial charge in [-0.25, -0.2) is 19.3 Å². The van der Waals surface area contributed by atoms with Gasteiger partial charge in [0.05, 0.1) is 18.9 Å². The van der Waals surface area contributed by atoms with Crippen molar-refractivity contribution < 1.29 is 9.13 Å². The van der Waals surface area contributed by atoms with E-state index in [1.54, 1.807) is 6.33 Å². The highest BCUT2D eigenvalue weighted by Gasteiger charge is 2.48. The Hall–Kier alpha value is -3.04. The smallest absolute Gasteiger partial charge is 0.137 e. The summed E-state index contributed by atoms with van der Waals surface area (Å²) in [5, 5.41) is 3.21. The van der Waals surface area contributed by atoms with Gasteiger partial charge in [-0.15, -0.1) is 0 Å². The number of likely N-dealkylation sites (tertiary alicyclic amines) is 1. The highest BCUT2D eigenvalue weighted by molar-refractivity contribution is 5.60. The van der Waals surface area contributed by atoms with Crippen LogP contribution in [-0.2, 0) is 17.7 Å². The Balaban J connectivity index is 1.19. The maximum Gasteiger partial charge on any atom is 0.137 e. The van der Waals surface area contributed by atoms with Crippen LogP contribution in [0.3, 0.4) is 0 Å². The lowest BCUT2D eigenvalue weighted by molar-refractivity contribution is -0.189. The number of hydrogen-bond donors (Lipinski definition) is 1. The zero-order chi connectivity index (χ0) is 25.4. The predicted octanol–water partition coefficient (Wildman–Crippen LogP) is 3.80. The monoisotopic (exact) mass is 505 g/mol. The molecule has 3 saturated heterocycles. The summed E-state index contributed by atoms with van der Waals surface area (Å²) < 4.78 is 21.3. The Morgan fingerprint density at radius 1 is 1.08 bits per heavy atom. The minimum atomic E-state index is -0.222. The third-order valence-corrected chi connectivity index (χ3v) is 8.21. The van der Waals surface area contributed by atoms with Crippen LogP contribution in [-0.4, -0.2) is 77.4 Å². The molecule has 2 aromatic heterocycles. The first kappa shape index (κ1) is 24.3. The van der Waals surface area contributed by atoms with Gasteiger partial charge in [0.1, 0.15) is 29.6 Å². The first-order valence-electron chi connectivity index (χ1n) is 13.5. The van der Waals surface area contributed by atoms with Crippen molar-refractivity contribution in [3.63, 3.8) is 0 Å². The van der Waals surface area contributed by atoms with Crippen LogP contribution in [0.5, 0.6) is 0 Å². The molecule has 0 aliphatic carbocycles. The van der Waals surface area contributed by atoms with Crippen LogP contribution in [0.25, 0.3) is 11.3 Å². The van der Waals surface area contributed by atoms with E-state index < -0.39 is 0 Å². The molecular formula is C28H36FN7O. The number of nitrogens with one attached hydrogen (secondary N) is 1. The van der Waals surface area contributed by atoms with E-state index in [9.17, 15) is 4.39 Å². The van der Waals surface area contributed by atoms with Gasteiger partial charge in [-0.2, -0.15) is 0 Å². The molecule has 3 aromatic rings. The minimum absolute atomic E-state index is 0.222. The Bertz CT molecular complexity index is 1220. The molecule has 3 aliphatic rings. The molecule has 3 aliphatic heterocycles. The molecule has 9 heteroatoms. The van der Waals surface area contributed by atoms with Crippen LogP contribution >= 0.6 is 0 Å². The van der Waals surface area contributed by atoms with Gasteiger partial charge in [-0.05, 0) is 43.5 Å². The highest BCUT2D eigenvalue weighted by Crippen LogP contribution is 2.38. The summed E-state index contributed by atoms with van der Waals surface area (Å²) in [6.45, 7) is 10.0. The maximum atomic E-state index is 13.6. The number of piperidine rings is 1. The SMILES string of the molecule is CCc1c(NC)ncnc1N1CCC(c2nc(-c3ccc(F)cc3)cn2CCN2CC3(COC3)C2)CC1. The van der Waals surface area contributed by atoms with Gasteiger partial charge in [0.25, 0.3) is 0 Å². The zero-order valence-corrected chi connectivity index (χ0v) is 21.8. The Morgan fingerprint density at radius 3 is 2.49 bits per heavy atom. The van der Waals surface area contributed by atoms with E-state index in [0.29, 0.717) is 11.3 Å². The molecule has 3 fully saturated rings. The number of ether oxygens (including phenoxy) is 1. The second kappa shape index (κ2) is 10.0. The number of rotatable bonds is 8. The summed E-state index contributed by atoms with van der Waals surface area (Å²) in [7, 11) is 1.91. The summed E-state index contributed by atoms with van der Waals surface area (Å²) in [5.41, 5.74) is 3.48. The summed E-state index contributed by atoms with van der Waals surface area (Å²) in [6, 6.07) is 6.67. The predicted molar refractivity (Wildman–Crippen MR) is 142 cm³/mol. The fourth-order valence-corrected chi connectivity index (χ4v) is 6.14. The standard InChI is InChI=1S/C28H36FN7O/c1-3-23-25(30-2)31-19-32-27(23)35-10-8-21(9-11-35)26-33-24(20-4-6-22(29)7-5-20)14-36(26)13-12-34-15-28(16-34)17-37-18-28/h4-7,14,19,21H,3,8-13,15-18H2,1-2H3,(H,30,31,32). The van der Waals surface area contributed by atoms with Crippen LogP contribution in [0.1, 0.15) is 37.1 Å². The van der Waals surface area contributed by atoms with Crippen LogP contribution in [0.15, 0.2) is 36.8 Å². The molecule has 0 atom stereocenters. The molecule has 6 rings (SSSR count). The van der Waals surface area contributed by atoms with E-state index in [1.165, 1.54) is 17.7 Å². The number of imidazole rings is 1. The quantitative estimate of drug-likeness (QED) is 0.499. The average molecular weight is 506 g/mol. The van der Waals surface area contributed by atoms with Crippen molar-refractivity contribution in [3.05, 3.63) is 54.0 Å². The molecule has 5 heterocycles. The molecule has 0 amide bonds. The highest BCUT2D eigenvalue weighted by atomic mass is 19.1. The molecule has 0 bridgehead atoms. The fraction of sp³-hybridized carbons (Fsp3) is 0.536. The van der Waals surface area contributed by atoms with Gasteiger partial charge < -0.3 is 24.4 Å². The van der Waals surface area contributed by atoms with Crippen molar-refractivity contribution in [1.82, 2.24) is 24.4 Å². The molecule has 1 N–H and O–H groups in total. The lowest BCUT2D eigenvalue weighted by atomic mass is 9.78. The van der Waals surface area contributed by atoms with Gasteiger partial charge in [0.15, 0.2) is 0 Å². The van der Waals surface area contributed by atoms with E-state index in [4.69, 9.17) is 9.72 Å². The third kappa shape index (κ3) is 4.70. The number of aromatic nitrogens is 4. The van der Waals surface area contributed by atoms with Gasteiger partial charge >= 0.3 is 0 Å². The maximum absolute atomic E-state index is 13.6.